The molecule has 2 heteroatoms. The fourth-order valence-corrected chi connectivity index (χ4v) is 9.45. The lowest BCUT2D eigenvalue weighted by atomic mass is 9.67. The zero-order valence-corrected chi connectivity index (χ0v) is 28.7. The average molecular weight is 668 g/mol. The highest BCUT2D eigenvalue weighted by molar-refractivity contribution is 7.25. The van der Waals surface area contributed by atoms with Gasteiger partial charge in [-0.1, -0.05) is 152 Å². The van der Waals surface area contributed by atoms with Gasteiger partial charge in [0.2, 0.25) is 0 Å². The maximum absolute atomic E-state index is 2.46. The summed E-state index contributed by atoms with van der Waals surface area (Å²) in [5.41, 5.74) is 13.0. The molecular weight excluding hydrogens is 635 g/mol. The number of para-hydroxylation sites is 1. The van der Waals surface area contributed by atoms with E-state index in [-0.39, 0.29) is 0 Å². The summed E-state index contributed by atoms with van der Waals surface area (Å²) >= 11 is 1.88. The van der Waals surface area contributed by atoms with Crippen molar-refractivity contribution in [3.05, 3.63) is 222 Å². The summed E-state index contributed by atoms with van der Waals surface area (Å²) in [6.45, 7) is 0. The highest BCUT2D eigenvalue weighted by Gasteiger charge is 2.46. The molecule has 1 atom stereocenters. The van der Waals surface area contributed by atoms with E-state index < -0.39 is 5.41 Å². The summed E-state index contributed by atoms with van der Waals surface area (Å²) < 4.78 is 2.64. The Kier molecular flexibility index (Phi) is 6.97. The molecule has 1 aliphatic rings. The van der Waals surface area contributed by atoms with Crippen molar-refractivity contribution in [2.45, 2.75) is 5.41 Å². The molecule has 0 saturated carbocycles. The zero-order chi connectivity index (χ0) is 33.8. The van der Waals surface area contributed by atoms with Gasteiger partial charge < -0.3 is 4.90 Å². The van der Waals surface area contributed by atoms with E-state index in [1.54, 1.807) is 0 Å². The monoisotopic (exact) mass is 667 g/mol. The van der Waals surface area contributed by atoms with Gasteiger partial charge in [0, 0.05) is 37.2 Å². The average Bonchev–Trinajstić information content (AvgIpc) is 3.72. The molecule has 1 aliphatic carbocycles. The summed E-state index contributed by atoms with van der Waals surface area (Å²) in [4.78, 5) is 2.39. The minimum Gasteiger partial charge on any atom is -0.310 e. The van der Waals surface area contributed by atoms with E-state index in [1.165, 1.54) is 64.7 Å². The summed E-state index contributed by atoms with van der Waals surface area (Å²) in [6, 6.07) is 73.5. The minimum atomic E-state index is -0.507. The van der Waals surface area contributed by atoms with Crippen molar-refractivity contribution in [3.63, 3.8) is 0 Å². The van der Waals surface area contributed by atoms with Gasteiger partial charge in [0.1, 0.15) is 0 Å². The number of hydrogen-bond acceptors (Lipinski definition) is 2. The predicted molar refractivity (Wildman–Crippen MR) is 217 cm³/mol. The van der Waals surface area contributed by atoms with Crippen LogP contribution in [0.1, 0.15) is 22.3 Å². The molecule has 0 radical (unpaired) electrons. The van der Waals surface area contributed by atoms with Gasteiger partial charge in [-0.05, 0) is 93.0 Å². The fourth-order valence-electron chi connectivity index (χ4n) is 8.30. The van der Waals surface area contributed by atoms with Gasteiger partial charge in [0.25, 0.3) is 0 Å². The maximum atomic E-state index is 2.46. The Hall–Kier alpha value is -6.22. The quantitative estimate of drug-likeness (QED) is 0.171. The van der Waals surface area contributed by atoms with Crippen molar-refractivity contribution in [2.75, 3.05) is 4.90 Å². The molecule has 9 aromatic rings. The van der Waals surface area contributed by atoms with Crippen LogP contribution in [-0.2, 0) is 5.41 Å². The maximum Gasteiger partial charge on any atom is 0.0714 e. The first-order valence-electron chi connectivity index (χ1n) is 17.5. The van der Waals surface area contributed by atoms with Crippen molar-refractivity contribution in [2.24, 2.45) is 0 Å². The highest BCUT2D eigenvalue weighted by Crippen LogP contribution is 2.58. The summed E-state index contributed by atoms with van der Waals surface area (Å²) in [7, 11) is 0. The number of hydrogen-bond donors (Lipinski definition) is 0. The molecular formula is C49H33NS. The van der Waals surface area contributed by atoms with Crippen LogP contribution in [0.5, 0.6) is 0 Å². The molecule has 1 unspecified atom stereocenters. The molecule has 0 amide bonds. The van der Waals surface area contributed by atoms with Crippen LogP contribution in [-0.4, -0.2) is 0 Å². The molecule has 1 nitrogen and oxygen atoms in total. The van der Waals surface area contributed by atoms with Gasteiger partial charge in [-0.15, -0.1) is 11.3 Å². The third-order valence-electron chi connectivity index (χ3n) is 10.6. The second kappa shape index (κ2) is 12.0. The first-order valence-corrected chi connectivity index (χ1v) is 18.3. The van der Waals surface area contributed by atoms with Gasteiger partial charge in [-0.3, -0.25) is 0 Å². The largest absolute Gasteiger partial charge is 0.310 e. The van der Waals surface area contributed by atoms with Crippen LogP contribution in [0.2, 0.25) is 0 Å². The third kappa shape index (κ3) is 4.68. The Morgan fingerprint density at radius 2 is 0.941 bits per heavy atom. The highest BCUT2D eigenvalue weighted by atomic mass is 32.1. The number of thiophene rings is 1. The van der Waals surface area contributed by atoms with Crippen LogP contribution in [0.15, 0.2) is 200 Å². The van der Waals surface area contributed by atoms with Crippen LogP contribution in [0.25, 0.3) is 42.4 Å². The zero-order valence-electron chi connectivity index (χ0n) is 27.9. The molecule has 240 valence electrons. The van der Waals surface area contributed by atoms with Gasteiger partial charge in [-0.25, -0.2) is 0 Å². The predicted octanol–water partition coefficient (Wildman–Crippen LogP) is 13.6. The molecule has 0 aliphatic heterocycles. The summed E-state index contributed by atoms with van der Waals surface area (Å²) in [6.07, 6.45) is 0. The second-order valence-corrected chi connectivity index (χ2v) is 14.4. The third-order valence-corrected chi connectivity index (χ3v) is 11.7. The Balaban J connectivity index is 1.22. The van der Waals surface area contributed by atoms with Crippen molar-refractivity contribution in [1.82, 2.24) is 0 Å². The van der Waals surface area contributed by atoms with E-state index in [4.69, 9.17) is 0 Å². The molecule has 0 fully saturated rings. The number of nitrogens with zero attached hydrogens (tertiary/aromatic N) is 1. The lowest BCUT2D eigenvalue weighted by Gasteiger charge is -2.35. The molecule has 0 bridgehead atoms. The Labute approximate surface area is 302 Å². The molecule has 10 rings (SSSR count). The second-order valence-electron chi connectivity index (χ2n) is 13.3. The van der Waals surface area contributed by atoms with Gasteiger partial charge in [-0.2, -0.15) is 0 Å². The number of fused-ring (bicyclic) bond motifs is 6. The van der Waals surface area contributed by atoms with Gasteiger partial charge in [0.15, 0.2) is 0 Å². The number of rotatable bonds is 6. The molecule has 1 heterocycles. The van der Waals surface area contributed by atoms with E-state index in [0.717, 1.165) is 17.1 Å². The lowest BCUT2D eigenvalue weighted by Crippen LogP contribution is -2.28. The topological polar surface area (TPSA) is 3.24 Å². The number of anilines is 3. The lowest BCUT2D eigenvalue weighted by molar-refractivity contribution is 0.770. The van der Waals surface area contributed by atoms with Crippen molar-refractivity contribution in [3.8, 4) is 22.3 Å². The summed E-state index contributed by atoms with van der Waals surface area (Å²) in [5.74, 6) is 0. The van der Waals surface area contributed by atoms with Crippen molar-refractivity contribution >= 4 is 48.6 Å². The Morgan fingerprint density at radius 1 is 0.353 bits per heavy atom. The summed E-state index contributed by atoms with van der Waals surface area (Å²) in [5, 5.41) is 2.64. The minimum absolute atomic E-state index is 0.507. The normalized spacial score (nSPS) is 14.7. The van der Waals surface area contributed by atoms with Crippen LogP contribution >= 0.6 is 11.3 Å². The van der Waals surface area contributed by atoms with Crippen LogP contribution < -0.4 is 4.90 Å². The van der Waals surface area contributed by atoms with Crippen LogP contribution in [0.4, 0.5) is 17.1 Å². The Bertz CT molecular complexity index is 2680. The van der Waals surface area contributed by atoms with E-state index in [1.807, 2.05) is 11.3 Å². The molecule has 1 aromatic heterocycles. The Morgan fingerprint density at radius 3 is 1.75 bits per heavy atom. The number of benzene rings is 8. The first kappa shape index (κ1) is 29.7. The van der Waals surface area contributed by atoms with E-state index in [9.17, 15) is 0 Å². The molecule has 0 saturated heterocycles. The van der Waals surface area contributed by atoms with E-state index in [2.05, 4.69) is 205 Å². The molecule has 0 N–H and O–H groups in total. The fraction of sp³-hybridized carbons (Fsp3) is 0.0204. The SMILES string of the molecule is c1ccc(-c2ccc(N(c3ccccc3)c3ccc4c(c3)C(c3ccccc3)(c3ccc5c(c3)sc3ccccc35)c3ccccc3-4)cc2)cc1. The van der Waals surface area contributed by atoms with Gasteiger partial charge >= 0.3 is 0 Å². The molecule has 51 heavy (non-hydrogen) atoms. The van der Waals surface area contributed by atoms with Crippen molar-refractivity contribution in [1.29, 1.82) is 0 Å². The molecule has 8 aromatic carbocycles. The van der Waals surface area contributed by atoms with E-state index in [0.29, 0.717) is 0 Å². The van der Waals surface area contributed by atoms with Crippen LogP contribution in [0, 0.1) is 0 Å². The smallest absolute Gasteiger partial charge is 0.0714 e. The van der Waals surface area contributed by atoms with E-state index >= 15 is 0 Å². The van der Waals surface area contributed by atoms with Gasteiger partial charge in [0.05, 0.1) is 5.41 Å². The van der Waals surface area contributed by atoms with Crippen LogP contribution in [0.3, 0.4) is 0 Å². The standard InChI is InChI=1S/C49H33NS/c1-4-14-34(15-5-1)35-24-27-39(28-25-35)50(38-18-8-3-9-19-38)40-29-31-42-41-20-10-12-22-45(41)49(46(42)33-40,36-16-6-2-7-17-36)37-26-30-44-43-21-11-13-23-47(43)51-48(44)32-37/h1-33H. The van der Waals surface area contributed by atoms with Crippen molar-refractivity contribution < 1.29 is 0 Å². The molecule has 0 spiro atoms. The first-order chi connectivity index (χ1) is 25.3.